The summed E-state index contributed by atoms with van der Waals surface area (Å²) in [4.78, 5) is 19.2. The minimum absolute atomic E-state index is 0.485. The van der Waals surface area contributed by atoms with E-state index in [0.717, 1.165) is 12.0 Å². The van der Waals surface area contributed by atoms with Crippen LogP contribution in [0.2, 0.25) is 0 Å². The lowest BCUT2D eigenvalue weighted by atomic mass is 10.0. The second kappa shape index (κ2) is 3.91. The molecule has 1 heterocycles. The molecule has 0 fully saturated rings. The summed E-state index contributed by atoms with van der Waals surface area (Å²) in [6.07, 6.45) is 1.41. The van der Waals surface area contributed by atoms with Crippen LogP contribution >= 0.6 is 0 Å². The van der Waals surface area contributed by atoms with Gasteiger partial charge in [0, 0.05) is 12.1 Å². The first-order chi connectivity index (χ1) is 6.92. The van der Waals surface area contributed by atoms with E-state index in [0.29, 0.717) is 18.9 Å². The lowest BCUT2D eigenvalue weighted by molar-refractivity contribution is -0.115. The number of hydrogen-bond acceptors (Lipinski definition) is 3. The molecule has 0 radical (unpaired) electrons. The van der Waals surface area contributed by atoms with Crippen molar-refractivity contribution in [3.05, 3.63) is 35.4 Å². The number of aliphatic imine (C=N–C) groups is 1. The van der Waals surface area contributed by atoms with Gasteiger partial charge in [-0.25, -0.2) is 4.99 Å². The van der Waals surface area contributed by atoms with Crippen LogP contribution in [0.4, 0.5) is 0 Å². The molecule has 0 saturated carbocycles. The summed E-state index contributed by atoms with van der Waals surface area (Å²) in [5, 5.41) is 0. The molecule has 72 valence electrons. The van der Waals surface area contributed by atoms with Crippen molar-refractivity contribution in [1.82, 2.24) is 5.48 Å². The number of carbonyl (C=O) groups is 1. The summed E-state index contributed by atoms with van der Waals surface area (Å²) < 4.78 is 0. The standard InChI is InChI=1S/C10H10N2O2/c13-7-12-14-10-9-4-2-1-3-8(9)5-6-11-10/h1-4,7H,5-6H2,(H,12,13). The number of nitrogens with zero attached hydrogens (tertiary/aromatic N) is 1. The number of amides is 1. The van der Waals surface area contributed by atoms with Crippen molar-refractivity contribution in [2.24, 2.45) is 4.99 Å². The number of nitrogens with one attached hydrogen (secondary N) is 1. The molecule has 1 aliphatic rings. The Morgan fingerprint density at radius 1 is 1.43 bits per heavy atom. The maximum Gasteiger partial charge on any atom is 0.248 e. The number of hydrogen-bond donors (Lipinski definition) is 1. The van der Waals surface area contributed by atoms with Crippen molar-refractivity contribution in [2.75, 3.05) is 6.54 Å². The van der Waals surface area contributed by atoms with Crippen LogP contribution in [0.25, 0.3) is 0 Å². The first-order valence-electron chi connectivity index (χ1n) is 4.40. The van der Waals surface area contributed by atoms with Crippen molar-refractivity contribution in [3.63, 3.8) is 0 Å². The molecule has 0 aliphatic carbocycles. The zero-order valence-corrected chi connectivity index (χ0v) is 7.56. The Kier molecular flexibility index (Phi) is 2.44. The fourth-order valence-electron chi connectivity index (χ4n) is 1.48. The second-order valence-corrected chi connectivity index (χ2v) is 2.93. The molecule has 4 heteroatoms. The summed E-state index contributed by atoms with van der Waals surface area (Å²) in [7, 11) is 0. The molecule has 1 aromatic carbocycles. The van der Waals surface area contributed by atoms with E-state index in [2.05, 4.69) is 10.5 Å². The smallest absolute Gasteiger partial charge is 0.248 e. The zero-order chi connectivity index (χ0) is 9.80. The molecular formula is C10H10N2O2. The molecule has 14 heavy (non-hydrogen) atoms. The monoisotopic (exact) mass is 190 g/mol. The Bertz CT molecular complexity index is 374. The van der Waals surface area contributed by atoms with Gasteiger partial charge < -0.3 is 4.84 Å². The summed E-state index contributed by atoms with van der Waals surface area (Å²) in [6.45, 7) is 0.701. The maximum atomic E-state index is 10.1. The van der Waals surface area contributed by atoms with Crippen molar-refractivity contribution in [1.29, 1.82) is 0 Å². The molecule has 0 aromatic heterocycles. The molecule has 1 aliphatic heterocycles. The Morgan fingerprint density at radius 2 is 2.29 bits per heavy atom. The van der Waals surface area contributed by atoms with Gasteiger partial charge in [0.15, 0.2) is 0 Å². The Morgan fingerprint density at radius 3 is 3.14 bits per heavy atom. The van der Waals surface area contributed by atoms with E-state index < -0.39 is 0 Å². The molecule has 0 bridgehead atoms. The van der Waals surface area contributed by atoms with Gasteiger partial charge in [-0.05, 0) is 18.1 Å². The first kappa shape index (κ1) is 8.74. The highest BCUT2D eigenvalue weighted by Gasteiger charge is 2.14. The van der Waals surface area contributed by atoms with E-state index in [9.17, 15) is 4.79 Å². The topological polar surface area (TPSA) is 50.7 Å². The second-order valence-electron chi connectivity index (χ2n) is 2.93. The summed E-state index contributed by atoms with van der Waals surface area (Å²) in [5.41, 5.74) is 4.30. The summed E-state index contributed by atoms with van der Waals surface area (Å²) in [5.74, 6) is 0.485. The van der Waals surface area contributed by atoms with Crippen molar-refractivity contribution < 1.29 is 9.63 Å². The van der Waals surface area contributed by atoms with Gasteiger partial charge in [-0.1, -0.05) is 18.2 Å². The van der Waals surface area contributed by atoms with Crippen molar-refractivity contribution in [3.8, 4) is 0 Å². The lowest BCUT2D eigenvalue weighted by Crippen LogP contribution is -2.23. The number of fused-ring (bicyclic) bond motifs is 1. The van der Waals surface area contributed by atoms with E-state index in [4.69, 9.17) is 4.84 Å². The van der Waals surface area contributed by atoms with Crippen molar-refractivity contribution in [2.45, 2.75) is 6.42 Å². The Balaban J connectivity index is 2.26. The quantitative estimate of drug-likeness (QED) is 0.550. The molecule has 4 nitrogen and oxygen atoms in total. The van der Waals surface area contributed by atoms with Gasteiger partial charge in [0.05, 0.1) is 0 Å². The van der Waals surface area contributed by atoms with Crippen LogP contribution in [0.1, 0.15) is 11.1 Å². The first-order valence-corrected chi connectivity index (χ1v) is 4.40. The summed E-state index contributed by atoms with van der Waals surface area (Å²) in [6, 6.07) is 7.87. The zero-order valence-electron chi connectivity index (χ0n) is 7.56. The number of carbonyl (C=O) groups excluding carboxylic acids is 1. The Hall–Kier alpha value is -1.84. The van der Waals surface area contributed by atoms with Gasteiger partial charge in [-0.2, -0.15) is 5.48 Å². The highest BCUT2D eigenvalue weighted by Crippen LogP contribution is 2.15. The van der Waals surface area contributed by atoms with Crippen LogP contribution in [-0.4, -0.2) is 18.9 Å². The third-order valence-corrected chi connectivity index (χ3v) is 2.09. The van der Waals surface area contributed by atoms with Crippen molar-refractivity contribution >= 4 is 12.3 Å². The highest BCUT2D eigenvalue weighted by atomic mass is 16.7. The average Bonchev–Trinajstić information content (AvgIpc) is 2.26. The third-order valence-electron chi connectivity index (χ3n) is 2.09. The van der Waals surface area contributed by atoms with Crippen LogP contribution < -0.4 is 5.48 Å². The molecule has 0 saturated heterocycles. The predicted octanol–water partition coefficient (Wildman–Crippen LogP) is 0.667. The van der Waals surface area contributed by atoms with E-state index >= 15 is 0 Å². The molecule has 1 amide bonds. The van der Waals surface area contributed by atoms with E-state index in [1.807, 2.05) is 24.3 Å². The minimum Gasteiger partial charge on any atom is -0.359 e. The predicted molar refractivity (Wildman–Crippen MR) is 51.8 cm³/mol. The Labute approximate surface area is 81.6 Å². The molecule has 1 N–H and O–H groups in total. The average molecular weight is 190 g/mol. The van der Waals surface area contributed by atoms with E-state index in [1.165, 1.54) is 5.56 Å². The number of hydroxylamine groups is 1. The van der Waals surface area contributed by atoms with Gasteiger partial charge in [0.2, 0.25) is 12.3 Å². The third kappa shape index (κ3) is 1.59. The highest BCUT2D eigenvalue weighted by molar-refractivity contribution is 5.96. The summed E-state index contributed by atoms with van der Waals surface area (Å²) >= 11 is 0. The fourth-order valence-corrected chi connectivity index (χ4v) is 1.48. The molecule has 0 atom stereocenters. The van der Waals surface area contributed by atoms with Gasteiger partial charge >= 0.3 is 0 Å². The van der Waals surface area contributed by atoms with Crippen LogP contribution in [0, 0.1) is 0 Å². The molecule has 2 rings (SSSR count). The molecular weight excluding hydrogens is 180 g/mol. The number of benzene rings is 1. The van der Waals surface area contributed by atoms with Gasteiger partial charge in [0.25, 0.3) is 0 Å². The van der Waals surface area contributed by atoms with Gasteiger partial charge in [-0.3, -0.25) is 4.79 Å². The fraction of sp³-hybridized carbons (Fsp3) is 0.200. The van der Waals surface area contributed by atoms with Crippen LogP contribution in [-0.2, 0) is 16.1 Å². The lowest BCUT2D eigenvalue weighted by Gasteiger charge is -2.15. The molecule has 1 aromatic rings. The van der Waals surface area contributed by atoms with Crippen LogP contribution in [0.5, 0.6) is 0 Å². The largest absolute Gasteiger partial charge is 0.359 e. The van der Waals surface area contributed by atoms with E-state index in [-0.39, 0.29) is 0 Å². The molecule has 0 unspecified atom stereocenters. The van der Waals surface area contributed by atoms with E-state index in [1.54, 1.807) is 0 Å². The number of rotatable bonds is 2. The van der Waals surface area contributed by atoms with Gasteiger partial charge in [-0.15, -0.1) is 0 Å². The van der Waals surface area contributed by atoms with Gasteiger partial charge in [0.1, 0.15) is 0 Å². The SMILES string of the molecule is O=CNOC1=NCCc2ccccc21. The maximum absolute atomic E-state index is 10.1. The normalized spacial score (nSPS) is 13.9. The van der Waals surface area contributed by atoms with Crippen LogP contribution in [0.15, 0.2) is 29.3 Å². The molecule has 0 spiro atoms. The van der Waals surface area contributed by atoms with Crippen LogP contribution in [0.3, 0.4) is 0 Å². The minimum atomic E-state index is 0.485.